The van der Waals surface area contributed by atoms with Crippen LogP contribution in [0.5, 0.6) is 5.88 Å². The monoisotopic (exact) mass is 428 g/mol. The van der Waals surface area contributed by atoms with Crippen molar-refractivity contribution in [2.45, 2.75) is 44.6 Å². The highest BCUT2D eigenvalue weighted by atomic mass is 16.4. The SMILES string of the molecule is Nc1nc(O)c2c(n1)CC(CCc1ccc(C(=O)N[C@@H](CCC(=O)O)C(=O)O)cc1)C2. The number of aryl methyl sites for hydroxylation is 1. The normalized spacial score (nSPS) is 15.8. The second-order valence-corrected chi connectivity index (χ2v) is 7.64. The van der Waals surface area contributed by atoms with E-state index >= 15 is 0 Å². The van der Waals surface area contributed by atoms with Gasteiger partial charge in [-0.3, -0.25) is 9.59 Å². The summed E-state index contributed by atoms with van der Waals surface area (Å²) in [6.07, 6.45) is 2.50. The first kappa shape index (κ1) is 22.0. The van der Waals surface area contributed by atoms with E-state index in [1.807, 2.05) is 0 Å². The van der Waals surface area contributed by atoms with Crippen molar-refractivity contribution in [1.29, 1.82) is 0 Å². The van der Waals surface area contributed by atoms with Crippen molar-refractivity contribution in [3.05, 3.63) is 46.6 Å². The first-order chi connectivity index (χ1) is 14.7. The second-order valence-electron chi connectivity index (χ2n) is 7.64. The number of carbonyl (C=O) groups excluding carboxylic acids is 1. The number of anilines is 1. The summed E-state index contributed by atoms with van der Waals surface area (Å²) in [4.78, 5) is 42.2. The number of nitrogens with two attached hydrogens (primary N) is 1. The van der Waals surface area contributed by atoms with Gasteiger partial charge in [-0.25, -0.2) is 9.78 Å². The molecule has 0 aliphatic heterocycles. The molecule has 2 atom stereocenters. The van der Waals surface area contributed by atoms with Crippen LogP contribution in [0.2, 0.25) is 0 Å². The first-order valence-electron chi connectivity index (χ1n) is 9.91. The molecule has 31 heavy (non-hydrogen) atoms. The number of fused-ring (bicyclic) bond motifs is 1. The molecule has 1 heterocycles. The van der Waals surface area contributed by atoms with Crippen LogP contribution in [0.3, 0.4) is 0 Å². The molecule has 6 N–H and O–H groups in total. The van der Waals surface area contributed by atoms with Crippen LogP contribution in [0.1, 0.15) is 46.4 Å². The Hall–Kier alpha value is -3.69. The topological polar surface area (TPSA) is 176 Å². The molecular weight excluding hydrogens is 404 g/mol. The first-order valence-corrected chi connectivity index (χ1v) is 9.91. The number of aromatic nitrogens is 2. The number of nitrogen functional groups attached to an aromatic ring is 1. The third-order valence-corrected chi connectivity index (χ3v) is 5.37. The fourth-order valence-corrected chi connectivity index (χ4v) is 3.71. The lowest BCUT2D eigenvalue weighted by molar-refractivity contribution is -0.140. The Morgan fingerprint density at radius 3 is 2.48 bits per heavy atom. The predicted octanol–water partition coefficient (Wildman–Crippen LogP) is 1.16. The summed E-state index contributed by atoms with van der Waals surface area (Å²) in [5, 5.41) is 30.1. The van der Waals surface area contributed by atoms with Crippen molar-refractivity contribution >= 4 is 23.8 Å². The van der Waals surface area contributed by atoms with Crippen LogP contribution >= 0.6 is 0 Å². The predicted molar refractivity (Wildman–Crippen MR) is 110 cm³/mol. The lowest BCUT2D eigenvalue weighted by Gasteiger charge is -2.14. The Morgan fingerprint density at radius 2 is 1.84 bits per heavy atom. The van der Waals surface area contributed by atoms with Crippen LogP contribution in [0.25, 0.3) is 0 Å². The quantitative estimate of drug-likeness (QED) is 0.392. The van der Waals surface area contributed by atoms with Crippen molar-refractivity contribution in [2.75, 3.05) is 5.73 Å². The molecule has 0 saturated carbocycles. The summed E-state index contributed by atoms with van der Waals surface area (Å²) in [7, 11) is 0. The van der Waals surface area contributed by atoms with Gasteiger partial charge in [0.15, 0.2) is 0 Å². The summed E-state index contributed by atoms with van der Waals surface area (Å²) < 4.78 is 0. The number of aliphatic carboxylic acids is 2. The summed E-state index contributed by atoms with van der Waals surface area (Å²) in [5.74, 6) is -2.64. The number of benzene rings is 1. The van der Waals surface area contributed by atoms with Crippen molar-refractivity contribution in [3.63, 3.8) is 0 Å². The molecule has 1 amide bonds. The molecule has 3 rings (SSSR count). The lowest BCUT2D eigenvalue weighted by atomic mass is 9.96. The van der Waals surface area contributed by atoms with E-state index in [4.69, 9.17) is 15.9 Å². The van der Waals surface area contributed by atoms with Crippen molar-refractivity contribution in [3.8, 4) is 5.88 Å². The van der Waals surface area contributed by atoms with Crippen molar-refractivity contribution in [1.82, 2.24) is 15.3 Å². The fraction of sp³-hybridized carbons (Fsp3) is 0.381. The van der Waals surface area contributed by atoms with Gasteiger partial charge in [0.05, 0.1) is 5.69 Å². The van der Waals surface area contributed by atoms with Crippen LogP contribution in [0, 0.1) is 5.92 Å². The molecule has 1 aliphatic carbocycles. The third kappa shape index (κ3) is 5.68. The molecule has 0 bridgehead atoms. The smallest absolute Gasteiger partial charge is 0.326 e. The zero-order valence-corrected chi connectivity index (χ0v) is 16.7. The summed E-state index contributed by atoms with van der Waals surface area (Å²) >= 11 is 0. The van der Waals surface area contributed by atoms with Gasteiger partial charge in [-0.1, -0.05) is 12.1 Å². The summed E-state index contributed by atoms with van der Waals surface area (Å²) in [6, 6.07) is 5.57. The minimum Gasteiger partial charge on any atom is -0.493 e. The number of hydrogen-bond acceptors (Lipinski definition) is 7. The van der Waals surface area contributed by atoms with E-state index in [2.05, 4.69) is 15.3 Å². The Kier molecular flexibility index (Phi) is 6.68. The van der Waals surface area contributed by atoms with E-state index in [9.17, 15) is 19.5 Å². The summed E-state index contributed by atoms with van der Waals surface area (Å²) in [5.41, 5.74) is 8.44. The van der Waals surface area contributed by atoms with E-state index in [1.54, 1.807) is 24.3 Å². The highest BCUT2D eigenvalue weighted by Gasteiger charge is 2.26. The molecule has 0 saturated heterocycles. The summed E-state index contributed by atoms with van der Waals surface area (Å²) in [6.45, 7) is 0. The molecule has 1 aromatic carbocycles. The Labute approximate surface area is 178 Å². The van der Waals surface area contributed by atoms with Gasteiger partial charge in [-0.05, 0) is 55.7 Å². The fourth-order valence-electron chi connectivity index (χ4n) is 3.71. The number of carbonyl (C=O) groups is 3. The molecule has 0 radical (unpaired) electrons. The van der Waals surface area contributed by atoms with E-state index in [1.165, 1.54) is 0 Å². The Morgan fingerprint density at radius 1 is 1.13 bits per heavy atom. The van der Waals surface area contributed by atoms with Gasteiger partial charge >= 0.3 is 11.9 Å². The third-order valence-electron chi connectivity index (χ3n) is 5.37. The molecule has 10 nitrogen and oxygen atoms in total. The number of carboxylic acids is 2. The maximum atomic E-state index is 12.3. The van der Waals surface area contributed by atoms with Crippen LogP contribution in [-0.2, 0) is 28.9 Å². The van der Waals surface area contributed by atoms with Crippen molar-refractivity contribution < 1.29 is 29.7 Å². The van der Waals surface area contributed by atoms with Crippen LogP contribution in [-0.4, -0.2) is 49.2 Å². The molecule has 1 aliphatic rings. The largest absolute Gasteiger partial charge is 0.493 e. The molecule has 1 unspecified atom stereocenters. The van der Waals surface area contributed by atoms with Gasteiger partial charge in [-0.2, -0.15) is 4.98 Å². The Bertz CT molecular complexity index is 992. The highest BCUT2D eigenvalue weighted by molar-refractivity contribution is 5.96. The maximum absolute atomic E-state index is 12.3. The van der Waals surface area contributed by atoms with Crippen molar-refractivity contribution in [2.24, 2.45) is 5.92 Å². The number of carboxylic acid groups (broad SMARTS) is 2. The van der Waals surface area contributed by atoms with Gasteiger partial charge in [0.25, 0.3) is 5.91 Å². The average molecular weight is 428 g/mol. The van der Waals surface area contributed by atoms with Gasteiger partial charge in [0.2, 0.25) is 11.8 Å². The number of nitrogens with one attached hydrogen (secondary N) is 1. The molecule has 0 fully saturated rings. The number of aromatic hydroxyl groups is 1. The van der Waals surface area contributed by atoms with Crippen LogP contribution in [0.15, 0.2) is 24.3 Å². The number of hydrogen-bond donors (Lipinski definition) is 5. The van der Waals surface area contributed by atoms with Gasteiger partial charge in [0, 0.05) is 17.5 Å². The minimum atomic E-state index is -1.28. The highest BCUT2D eigenvalue weighted by Crippen LogP contribution is 2.33. The molecular formula is C21H24N4O6. The molecule has 10 heteroatoms. The second kappa shape index (κ2) is 9.41. The maximum Gasteiger partial charge on any atom is 0.326 e. The molecule has 164 valence electrons. The van der Waals surface area contributed by atoms with E-state index in [0.717, 1.165) is 36.1 Å². The van der Waals surface area contributed by atoms with Gasteiger partial charge < -0.3 is 26.4 Å². The molecule has 2 aromatic rings. The average Bonchev–Trinajstić information content (AvgIpc) is 3.12. The van der Waals surface area contributed by atoms with E-state index < -0.39 is 23.9 Å². The molecule has 0 spiro atoms. The van der Waals surface area contributed by atoms with E-state index in [0.29, 0.717) is 17.9 Å². The minimum absolute atomic E-state index is 0.0524. The zero-order valence-electron chi connectivity index (χ0n) is 16.7. The zero-order chi connectivity index (χ0) is 22.5. The number of rotatable bonds is 9. The number of nitrogens with zero attached hydrogens (tertiary/aromatic N) is 2. The Balaban J connectivity index is 1.53. The standard InChI is InChI=1S/C21H24N4O6/c22-21-24-16-10-12(9-14(16)19(29)25-21)2-1-11-3-5-13(6-4-11)18(28)23-15(20(30)31)7-8-17(26)27/h3-6,12,15H,1-2,7-10H2,(H,23,28)(H,26,27)(H,30,31)(H3,22,24,25,29)/t12?,15-/m0/s1. The van der Waals surface area contributed by atoms with Gasteiger partial charge in [0.1, 0.15) is 6.04 Å². The van der Waals surface area contributed by atoms with E-state index in [-0.39, 0.29) is 24.7 Å². The lowest BCUT2D eigenvalue weighted by Crippen LogP contribution is -2.41. The van der Waals surface area contributed by atoms with Gasteiger partial charge in [-0.15, -0.1) is 0 Å². The van der Waals surface area contributed by atoms with Crippen LogP contribution < -0.4 is 11.1 Å². The molecule has 1 aromatic heterocycles. The van der Waals surface area contributed by atoms with Crippen LogP contribution in [0.4, 0.5) is 5.95 Å². The number of amides is 1.